The lowest BCUT2D eigenvalue weighted by atomic mass is 9.98. The summed E-state index contributed by atoms with van der Waals surface area (Å²) >= 11 is 0. The van der Waals surface area contributed by atoms with E-state index in [1.165, 1.54) is 22.2 Å². The number of carbonyl (C=O) groups excluding carboxylic acids is 1. The molecule has 4 rings (SSSR count). The minimum absolute atomic E-state index is 0.112. The molecule has 0 amide bonds. The molecular weight excluding hydrogens is 387 g/mol. The van der Waals surface area contributed by atoms with Crippen molar-refractivity contribution in [2.45, 2.75) is 19.4 Å². The molecular formula is C24H20FO3S+. The summed E-state index contributed by atoms with van der Waals surface area (Å²) in [6.07, 6.45) is -0.805. The normalized spacial score (nSPS) is 12.0. The van der Waals surface area contributed by atoms with E-state index in [0.29, 0.717) is 11.3 Å². The van der Waals surface area contributed by atoms with Gasteiger partial charge in [0.1, 0.15) is 22.5 Å². The van der Waals surface area contributed by atoms with Crippen LogP contribution in [0.2, 0.25) is 0 Å². The van der Waals surface area contributed by atoms with Crippen LogP contribution in [0.15, 0.2) is 84.2 Å². The molecule has 4 aromatic rings. The first-order valence-corrected chi connectivity index (χ1v) is 10.5. The molecule has 0 N–H and O–H groups in total. The van der Waals surface area contributed by atoms with Crippen LogP contribution in [-0.4, -0.2) is 6.16 Å². The number of rotatable bonds is 4. The first-order chi connectivity index (χ1) is 13.9. The highest BCUT2D eigenvalue weighted by Crippen LogP contribution is 2.40. The van der Waals surface area contributed by atoms with Crippen molar-refractivity contribution >= 4 is 26.7 Å². The van der Waals surface area contributed by atoms with Crippen molar-refractivity contribution < 1.29 is 18.7 Å². The number of carbonyl (C=O) groups is 1. The SMILES string of the molecule is CC(C)(OC(=O)Oc1ccc(-[s+]2ccc3ccccc32)cc1)c1ccc(F)cc1. The van der Waals surface area contributed by atoms with Crippen molar-refractivity contribution in [3.8, 4) is 10.6 Å². The van der Waals surface area contributed by atoms with Gasteiger partial charge in [-0.15, -0.1) is 0 Å². The smallest absolute Gasteiger partial charge is 0.423 e. The van der Waals surface area contributed by atoms with Crippen LogP contribution in [0.4, 0.5) is 9.18 Å². The van der Waals surface area contributed by atoms with Crippen molar-refractivity contribution in [1.29, 1.82) is 0 Å². The van der Waals surface area contributed by atoms with Crippen molar-refractivity contribution in [1.82, 2.24) is 0 Å². The van der Waals surface area contributed by atoms with Crippen molar-refractivity contribution in [2.75, 3.05) is 0 Å². The zero-order chi connectivity index (χ0) is 20.4. The number of benzene rings is 3. The van der Waals surface area contributed by atoms with Crippen LogP contribution in [0.1, 0.15) is 19.4 Å². The lowest BCUT2D eigenvalue weighted by Crippen LogP contribution is -2.27. The second-order valence-electron chi connectivity index (χ2n) is 7.12. The Morgan fingerprint density at radius 3 is 2.31 bits per heavy atom. The van der Waals surface area contributed by atoms with Gasteiger partial charge < -0.3 is 9.47 Å². The lowest BCUT2D eigenvalue weighted by molar-refractivity contribution is 0.00634. The van der Waals surface area contributed by atoms with Gasteiger partial charge in [-0.05, 0) is 55.8 Å². The number of fused-ring (bicyclic) bond motifs is 1. The number of ether oxygens (including phenoxy) is 2. The second kappa shape index (κ2) is 7.68. The molecule has 3 aromatic carbocycles. The van der Waals surface area contributed by atoms with Crippen molar-refractivity contribution in [3.63, 3.8) is 0 Å². The Bertz CT molecular complexity index is 1140. The van der Waals surface area contributed by atoms with E-state index in [2.05, 4.69) is 23.6 Å². The fraction of sp³-hybridized carbons (Fsp3) is 0.125. The van der Waals surface area contributed by atoms with E-state index in [4.69, 9.17) is 9.47 Å². The van der Waals surface area contributed by atoms with Crippen LogP contribution in [-0.2, 0) is 10.3 Å². The predicted octanol–water partition coefficient (Wildman–Crippen LogP) is 7.17. The average molecular weight is 407 g/mol. The summed E-state index contributed by atoms with van der Waals surface area (Å²) in [6, 6.07) is 23.8. The Kier molecular flexibility index (Phi) is 5.07. The Labute approximate surface area is 171 Å². The highest BCUT2D eigenvalue weighted by molar-refractivity contribution is 7.43. The zero-order valence-electron chi connectivity index (χ0n) is 16.1. The van der Waals surface area contributed by atoms with Crippen molar-refractivity contribution in [3.05, 3.63) is 95.6 Å². The van der Waals surface area contributed by atoms with Crippen LogP contribution in [0, 0.1) is 5.82 Å². The molecule has 29 heavy (non-hydrogen) atoms. The monoisotopic (exact) mass is 407 g/mol. The molecule has 0 radical (unpaired) electrons. The molecule has 5 heteroatoms. The number of thiophene rings is 1. The van der Waals surface area contributed by atoms with Gasteiger partial charge in [-0.1, -0.05) is 24.3 Å². The highest BCUT2D eigenvalue weighted by Gasteiger charge is 2.27. The summed E-state index contributed by atoms with van der Waals surface area (Å²) in [5.74, 6) is 0.0707. The summed E-state index contributed by atoms with van der Waals surface area (Å²) in [7, 11) is -0.112. The minimum atomic E-state index is -0.940. The Morgan fingerprint density at radius 1 is 0.897 bits per heavy atom. The average Bonchev–Trinajstić information content (AvgIpc) is 3.12. The van der Waals surface area contributed by atoms with Crippen LogP contribution >= 0.6 is 10.5 Å². The van der Waals surface area contributed by atoms with E-state index in [1.54, 1.807) is 38.1 Å². The van der Waals surface area contributed by atoms with Gasteiger partial charge in [-0.25, -0.2) is 9.18 Å². The largest absolute Gasteiger partial charge is 0.514 e. The van der Waals surface area contributed by atoms with Gasteiger partial charge in [0.05, 0.1) is 0 Å². The van der Waals surface area contributed by atoms with Gasteiger partial charge in [0.25, 0.3) is 0 Å². The van der Waals surface area contributed by atoms with E-state index in [9.17, 15) is 9.18 Å². The summed E-state index contributed by atoms with van der Waals surface area (Å²) < 4.78 is 25.2. The Hall–Kier alpha value is -3.18. The molecule has 0 bridgehead atoms. The maximum Gasteiger partial charge on any atom is 0.514 e. The van der Waals surface area contributed by atoms with Gasteiger partial charge >= 0.3 is 6.16 Å². The quantitative estimate of drug-likeness (QED) is 0.204. The molecule has 0 saturated carbocycles. The Morgan fingerprint density at radius 2 is 1.59 bits per heavy atom. The second-order valence-corrected chi connectivity index (χ2v) is 8.98. The van der Waals surface area contributed by atoms with E-state index in [1.807, 2.05) is 24.3 Å². The predicted molar refractivity (Wildman–Crippen MR) is 114 cm³/mol. The van der Waals surface area contributed by atoms with Gasteiger partial charge in [0.2, 0.25) is 0 Å². The molecule has 0 spiro atoms. The van der Waals surface area contributed by atoms with Gasteiger partial charge in [0, 0.05) is 34.1 Å². The fourth-order valence-electron chi connectivity index (χ4n) is 3.13. The summed E-state index contributed by atoms with van der Waals surface area (Å²) in [6.45, 7) is 3.46. The standard InChI is InChI=1S/C24H20FO3S/c1-24(2,18-7-9-19(25)10-8-18)28-23(26)27-20-11-13-21(14-12-20)29-16-15-17-5-3-4-6-22(17)29/h3-16H,1-2H3/q+1. The summed E-state index contributed by atoms with van der Waals surface area (Å²) in [4.78, 5) is 13.4. The topological polar surface area (TPSA) is 35.5 Å². The van der Waals surface area contributed by atoms with Crippen molar-refractivity contribution in [2.24, 2.45) is 0 Å². The first kappa shape index (κ1) is 19.2. The molecule has 1 unspecified atom stereocenters. The number of hydrogen-bond donors (Lipinski definition) is 0. The highest BCUT2D eigenvalue weighted by atomic mass is 32.2. The van der Waals surface area contributed by atoms with Crippen LogP contribution < -0.4 is 4.74 Å². The molecule has 0 saturated heterocycles. The third-order valence-corrected chi connectivity index (χ3v) is 6.73. The van der Waals surface area contributed by atoms with Crippen LogP contribution in [0.25, 0.3) is 15.0 Å². The van der Waals surface area contributed by atoms with E-state index in [-0.39, 0.29) is 16.3 Å². The van der Waals surface area contributed by atoms with E-state index >= 15 is 0 Å². The molecule has 0 fully saturated rings. The number of hydrogen-bond acceptors (Lipinski definition) is 3. The molecule has 1 atom stereocenters. The molecule has 1 aromatic heterocycles. The first-order valence-electron chi connectivity index (χ1n) is 9.20. The van der Waals surface area contributed by atoms with Crippen LogP contribution in [0.5, 0.6) is 5.75 Å². The third-order valence-electron chi connectivity index (χ3n) is 4.70. The molecule has 0 aliphatic heterocycles. The molecule has 146 valence electrons. The summed E-state index contributed by atoms with van der Waals surface area (Å²) in [5.41, 5.74) is -0.260. The molecule has 0 aliphatic rings. The lowest BCUT2D eigenvalue weighted by Gasteiger charge is -2.24. The molecule has 1 heterocycles. The third kappa shape index (κ3) is 4.15. The van der Waals surface area contributed by atoms with Gasteiger partial charge in [-0.3, -0.25) is 0 Å². The fourth-order valence-corrected chi connectivity index (χ4v) is 5.01. The zero-order valence-corrected chi connectivity index (χ0v) is 16.9. The molecule has 0 aliphatic carbocycles. The van der Waals surface area contributed by atoms with Gasteiger partial charge in [0.15, 0.2) is 9.60 Å². The van der Waals surface area contributed by atoms with Gasteiger partial charge in [-0.2, -0.15) is 0 Å². The summed E-state index contributed by atoms with van der Waals surface area (Å²) in [5, 5.41) is 3.43. The maximum absolute atomic E-state index is 13.1. The minimum Gasteiger partial charge on any atom is -0.423 e. The maximum atomic E-state index is 13.1. The molecule has 3 nitrogen and oxygen atoms in total. The van der Waals surface area contributed by atoms with Crippen LogP contribution in [0.3, 0.4) is 0 Å². The number of halogens is 1. The van der Waals surface area contributed by atoms with E-state index in [0.717, 1.165) is 4.90 Å². The van der Waals surface area contributed by atoms with E-state index < -0.39 is 11.8 Å². The Balaban J connectivity index is 1.46.